The van der Waals surface area contributed by atoms with Gasteiger partial charge in [0.05, 0.1) is 11.0 Å². The van der Waals surface area contributed by atoms with E-state index in [4.69, 9.17) is 4.74 Å². The van der Waals surface area contributed by atoms with E-state index in [0.29, 0.717) is 5.75 Å². The molecule has 1 amide bonds. The van der Waals surface area contributed by atoms with Crippen LogP contribution in [0.15, 0.2) is 60.0 Å². The Hall–Kier alpha value is -1.81. The van der Waals surface area contributed by atoms with Gasteiger partial charge in [-0.05, 0) is 24.6 Å². The van der Waals surface area contributed by atoms with Gasteiger partial charge in [0, 0.05) is 11.8 Å². The minimum Gasteiger partial charge on any atom is -0.455 e. The van der Waals surface area contributed by atoms with Crippen LogP contribution in [-0.2, 0) is 4.79 Å². The van der Waals surface area contributed by atoms with Crippen molar-refractivity contribution < 1.29 is 9.53 Å². The number of carbonyl (C=O) groups is 1. The standard InChI is InChI=1S/C15H12BrNO2/c16-9-15(18)17-10-11-5-1-3-7-13(11)19-14-8-4-2-6-12(14)17/h1-4,6-8,10H,5,9H2. The van der Waals surface area contributed by atoms with E-state index in [0.717, 1.165) is 23.4 Å². The second-order valence-electron chi connectivity index (χ2n) is 4.28. The lowest BCUT2D eigenvalue weighted by Gasteiger charge is -2.17. The van der Waals surface area contributed by atoms with Gasteiger partial charge in [-0.3, -0.25) is 9.69 Å². The van der Waals surface area contributed by atoms with E-state index in [1.165, 1.54) is 0 Å². The summed E-state index contributed by atoms with van der Waals surface area (Å²) in [5.74, 6) is 1.49. The molecule has 0 saturated carbocycles. The van der Waals surface area contributed by atoms with E-state index in [2.05, 4.69) is 15.9 Å². The number of benzene rings is 1. The molecular weight excluding hydrogens is 306 g/mol. The summed E-state index contributed by atoms with van der Waals surface area (Å²) in [7, 11) is 0. The lowest BCUT2D eigenvalue weighted by molar-refractivity contribution is -0.115. The average Bonchev–Trinajstić information content (AvgIpc) is 2.62. The molecule has 0 bridgehead atoms. The Morgan fingerprint density at radius 3 is 3.05 bits per heavy atom. The van der Waals surface area contributed by atoms with Crippen molar-refractivity contribution in [2.24, 2.45) is 0 Å². The number of allylic oxidation sites excluding steroid dienone is 4. The van der Waals surface area contributed by atoms with E-state index >= 15 is 0 Å². The molecule has 3 rings (SSSR count). The van der Waals surface area contributed by atoms with Gasteiger partial charge in [0.25, 0.3) is 0 Å². The van der Waals surface area contributed by atoms with Gasteiger partial charge in [0.15, 0.2) is 5.75 Å². The van der Waals surface area contributed by atoms with Gasteiger partial charge < -0.3 is 4.74 Å². The molecule has 0 radical (unpaired) electrons. The molecule has 0 atom stereocenters. The third-order valence-corrected chi connectivity index (χ3v) is 3.53. The number of para-hydroxylation sites is 2. The highest BCUT2D eigenvalue weighted by Gasteiger charge is 2.23. The zero-order valence-corrected chi connectivity index (χ0v) is 11.8. The Labute approximate surface area is 120 Å². The topological polar surface area (TPSA) is 29.5 Å². The molecule has 0 aromatic heterocycles. The highest BCUT2D eigenvalue weighted by atomic mass is 79.9. The molecule has 1 aromatic rings. The van der Waals surface area contributed by atoms with Crippen LogP contribution in [-0.4, -0.2) is 11.2 Å². The molecule has 1 aliphatic heterocycles. The number of anilines is 1. The summed E-state index contributed by atoms with van der Waals surface area (Å²) in [6, 6.07) is 7.56. The lowest BCUT2D eigenvalue weighted by atomic mass is 10.1. The minimum atomic E-state index is -0.0145. The highest BCUT2D eigenvalue weighted by molar-refractivity contribution is 9.09. The van der Waals surface area contributed by atoms with Crippen molar-refractivity contribution in [3.05, 3.63) is 60.0 Å². The molecule has 0 N–H and O–H groups in total. The summed E-state index contributed by atoms with van der Waals surface area (Å²) in [5.41, 5.74) is 1.78. The van der Waals surface area contributed by atoms with Crippen molar-refractivity contribution >= 4 is 27.5 Å². The van der Waals surface area contributed by atoms with Crippen LogP contribution >= 0.6 is 15.9 Å². The third kappa shape index (κ3) is 2.24. The first-order chi connectivity index (χ1) is 9.29. The van der Waals surface area contributed by atoms with Crippen LogP contribution in [0.5, 0.6) is 5.75 Å². The predicted molar refractivity (Wildman–Crippen MR) is 78.3 cm³/mol. The fourth-order valence-electron chi connectivity index (χ4n) is 2.13. The van der Waals surface area contributed by atoms with Crippen LogP contribution in [0.3, 0.4) is 0 Å². The summed E-state index contributed by atoms with van der Waals surface area (Å²) in [5, 5.41) is 0.278. The summed E-state index contributed by atoms with van der Waals surface area (Å²) in [6.07, 6.45) is 8.58. The molecule has 0 saturated heterocycles. The molecule has 19 heavy (non-hydrogen) atoms. The van der Waals surface area contributed by atoms with Crippen molar-refractivity contribution in [2.75, 3.05) is 10.2 Å². The van der Waals surface area contributed by atoms with Crippen LogP contribution < -0.4 is 9.64 Å². The summed E-state index contributed by atoms with van der Waals surface area (Å²) >= 11 is 3.23. The molecule has 1 aliphatic carbocycles. The highest BCUT2D eigenvalue weighted by Crippen LogP contribution is 2.36. The van der Waals surface area contributed by atoms with E-state index in [-0.39, 0.29) is 11.2 Å². The number of alkyl halides is 1. The second-order valence-corrected chi connectivity index (χ2v) is 4.85. The van der Waals surface area contributed by atoms with Crippen LogP contribution in [0.4, 0.5) is 5.69 Å². The van der Waals surface area contributed by atoms with Gasteiger partial charge in [0.1, 0.15) is 5.76 Å². The minimum absolute atomic E-state index is 0.0145. The number of rotatable bonds is 1. The normalized spacial score (nSPS) is 16.6. The third-order valence-electron chi connectivity index (χ3n) is 3.05. The Bertz CT molecular complexity index is 616. The molecule has 4 heteroatoms. The summed E-state index contributed by atoms with van der Waals surface area (Å²) in [6.45, 7) is 0. The molecule has 3 nitrogen and oxygen atoms in total. The second kappa shape index (κ2) is 5.05. The first kappa shape index (κ1) is 12.2. The molecule has 0 spiro atoms. The smallest absolute Gasteiger partial charge is 0.241 e. The van der Waals surface area contributed by atoms with Crippen molar-refractivity contribution in [1.82, 2.24) is 0 Å². The molecule has 96 valence electrons. The summed E-state index contributed by atoms with van der Waals surface area (Å²) in [4.78, 5) is 13.8. The van der Waals surface area contributed by atoms with Crippen LogP contribution in [0, 0.1) is 0 Å². The Balaban J connectivity index is 2.14. The maximum absolute atomic E-state index is 12.1. The van der Waals surface area contributed by atoms with E-state index in [9.17, 15) is 4.79 Å². The van der Waals surface area contributed by atoms with Crippen molar-refractivity contribution in [1.29, 1.82) is 0 Å². The fourth-order valence-corrected chi connectivity index (χ4v) is 2.40. The largest absolute Gasteiger partial charge is 0.455 e. The lowest BCUT2D eigenvalue weighted by Crippen LogP contribution is -2.26. The van der Waals surface area contributed by atoms with Gasteiger partial charge in [0.2, 0.25) is 5.91 Å². The Morgan fingerprint density at radius 1 is 1.37 bits per heavy atom. The van der Waals surface area contributed by atoms with Crippen LogP contribution in [0.25, 0.3) is 0 Å². The summed E-state index contributed by atoms with van der Waals surface area (Å²) < 4.78 is 5.92. The number of hydrogen-bond acceptors (Lipinski definition) is 2. The van der Waals surface area contributed by atoms with Gasteiger partial charge in [-0.1, -0.05) is 40.2 Å². The molecule has 2 aliphatic rings. The Kier molecular flexibility index (Phi) is 3.25. The van der Waals surface area contributed by atoms with E-state index in [1.807, 2.05) is 48.7 Å². The number of hydrogen-bond donors (Lipinski definition) is 0. The number of ether oxygens (including phenoxy) is 1. The number of nitrogens with zero attached hydrogens (tertiary/aromatic N) is 1. The monoisotopic (exact) mass is 317 g/mol. The molecule has 1 aromatic carbocycles. The van der Waals surface area contributed by atoms with Crippen molar-refractivity contribution in [2.45, 2.75) is 6.42 Å². The van der Waals surface area contributed by atoms with Gasteiger partial charge in [-0.15, -0.1) is 0 Å². The maximum atomic E-state index is 12.1. The first-order valence-electron chi connectivity index (χ1n) is 6.02. The molecule has 1 heterocycles. The van der Waals surface area contributed by atoms with Gasteiger partial charge >= 0.3 is 0 Å². The quantitative estimate of drug-likeness (QED) is 0.741. The van der Waals surface area contributed by atoms with E-state index in [1.54, 1.807) is 4.90 Å². The number of carbonyl (C=O) groups excluding carboxylic acids is 1. The molecule has 0 unspecified atom stereocenters. The Morgan fingerprint density at radius 2 is 2.21 bits per heavy atom. The SMILES string of the molecule is O=C(CBr)N1C=C2CC=CC=C2Oc2ccccc21. The first-order valence-corrected chi connectivity index (χ1v) is 7.14. The maximum Gasteiger partial charge on any atom is 0.241 e. The number of halogens is 1. The average molecular weight is 318 g/mol. The van der Waals surface area contributed by atoms with Crippen LogP contribution in [0.2, 0.25) is 0 Å². The number of fused-ring (bicyclic) bond motifs is 2. The molecule has 0 fully saturated rings. The van der Waals surface area contributed by atoms with Crippen LogP contribution in [0.1, 0.15) is 6.42 Å². The van der Waals surface area contributed by atoms with Gasteiger partial charge in [-0.25, -0.2) is 0 Å². The fraction of sp³-hybridized carbons (Fsp3) is 0.133. The molecular formula is C15H12BrNO2. The van der Waals surface area contributed by atoms with Gasteiger partial charge in [-0.2, -0.15) is 0 Å². The van der Waals surface area contributed by atoms with Crippen molar-refractivity contribution in [3.8, 4) is 5.75 Å². The zero-order valence-electron chi connectivity index (χ0n) is 10.2. The zero-order chi connectivity index (χ0) is 13.2. The van der Waals surface area contributed by atoms with Crippen molar-refractivity contribution in [3.63, 3.8) is 0 Å². The predicted octanol–water partition coefficient (Wildman–Crippen LogP) is 3.53. The van der Waals surface area contributed by atoms with E-state index < -0.39 is 0 Å². The number of amides is 1.